The number of carbonyl (C=O) groups excluding carboxylic acids is 2. The third-order valence-corrected chi connectivity index (χ3v) is 7.78. The predicted molar refractivity (Wildman–Crippen MR) is 131 cm³/mol. The van der Waals surface area contributed by atoms with Gasteiger partial charge >= 0.3 is 0 Å². The average molecular weight is 489 g/mol. The molecule has 0 spiro atoms. The van der Waals surface area contributed by atoms with E-state index in [0.717, 1.165) is 34.3 Å². The number of imide groups is 1. The summed E-state index contributed by atoms with van der Waals surface area (Å²) in [5.41, 5.74) is 3.12. The summed E-state index contributed by atoms with van der Waals surface area (Å²) in [4.78, 5) is 29.2. The fraction of sp³-hybridized carbons (Fsp3) is 0.360. The van der Waals surface area contributed by atoms with E-state index in [1.54, 1.807) is 13.2 Å². The van der Waals surface area contributed by atoms with Crippen LogP contribution in [0.15, 0.2) is 35.2 Å². The van der Waals surface area contributed by atoms with Crippen LogP contribution in [-0.4, -0.2) is 35.7 Å². The standard InChI is InChI=1S/C25H26ClFN2O3S/c1-14-12-25(2,3)28(4)20-11-21(32-5)15(9-16(14)20)10-22-23(30)29(24(31)33-22)13-17-18(26)7-6-8-19(17)27/h6-11,14H,12-13H2,1-5H3/b22-10+. The molecule has 2 aliphatic heterocycles. The van der Waals surface area contributed by atoms with Gasteiger partial charge in [-0.2, -0.15) is 0 Å². The lowest BCUT2D eigenvalue weighted by molar-refractivity contribution is -0.123. The van der Waals surface area contributed by atoms with Gasteiger partial charge in [0, 0.05) is 40.5 Å². The smallest absolute Gasteiger partial charge is 0.293 e. The van der Waals surface area contributed by atoms with Gasteiger partial charge in [0.1, 0.15) is 11.6 Å². The number of carbonyl (C=O) groups is 2. The van der Waals surface area contributed by atoms with Crippen LogP contribution < -0.4 is 9.64 Å². The number of ether oxygens (including phenoxy) is 1. The lowest BCUT2D eigenvalue weighted by atomic mass is 9.80. The van der Waals surface area contributed by atoms with Crippen LogP contribution in [0.25, 0.3) is 6.08 Å². The molecule has 4 rings (SSSR count). The van der Waals surface area contributed by atoms with Crippen molar-refractivity contribution in [1.82, 2.24) is 4.90 Å². The second-order valence-corrected chi connectivity index (χ2v) is 10.5. The van der Waals surface area contributed by atoms with Gasteiger partial charge in [0.2, 0.25) is 0 Å². The molecule has 2 heterocycles. The van der Waals surface area contributed by atoms with Crippen LogP contribution in [0.2, 0.25) is 5.02 Å². The Balaban J connectivity index is 1.69. The van der Waals surface area contributed by atoms with E-state index in [-0.39, 0.29) is 27.6 Å². The maximum absolute atomic E-state index is 14.2. The topological polar surface area (TPSA) is 49.9 Å². The predicted octanol–water partition coefficient (Wildman–Crippen LogP) is 6.45. The number of hydrogen-bond acceptors (Lipinski definition) is 5. The van der Waals surface area contributed by atoms with Gasteiger partial charge in [0.25, 0.3) is 11.1 Å². The molecule has 1 unspecified atom stereocenters. The van der Waals surface area contributed by atoms with Crippen molar-refractivity contribution < 1.29 is 18.7 Å². The summed E-state index contributed by atoms with van der Waals surface area (Å²) < 4.78 is 19.8. The number of methoxy groups -OCH3 is 1. The van der Waals surface area contributed by atoms with E-state index in [4.69, 9.17) is 16.3 Å². The van der Waals surface area contributed by atoms with Crippen molar-refractivity contribution in [2.45, 2.75) is 45.2 Å². The van der Waals surface area contributed by atoms with Gasteiger partial charge in [-0.25, -0.2) is 4.39 Å². The van der Waals surface area contributed by atoms with E-state index >= 15 is 0 Å². The van der Waals surface area contributed by atoms with Crippen molar-refractivity contribution in [3.05, 3.63) is 62.8 Å². The van der Waals surface area contributed by atoms with Crippen molar-refractivity contribution in [2.75, 3.05) is 19.1 Å². The number of benzene rings is 2. The Kier molecular flexibility index (Phi) is 6.22. The number of amides is 2. The zero-order valence-electron chi connectivity index (χ0n) is 19.2. The summed E-state index contributed by atoms with van der Waals surface area (Å²) in [6, 6.07) is 8.30. The molecule has 5 nitrogen and oxygen atoms in total. The summed E-state index contributed by atoms with van der Waals surface area (Å²) in [7, 11) is 3.66. The summed E-state index contributed by atoms with van der Waals surface area (Å²) in [6.07, 6.45) is 2.67. The monoisotopic (exact) mass is 488 g/mol. The Labute approximate surface area is 202 Å². The third kappa shape index (κ3) is 4.24. The maximum Gasteiger partial charge on any atom is 0.293 e. The number of rotatable bonds is 4. The van der Waals surface area contributed by atoms with Crippen molar-refractivity contribution in [1.29, 1.82) is 0 Å². The molecular formula is C25H26ClFN2O3S. The average Bonchev–Trinajstić information content (AvgIpc) is 3.01. The summed E-state index contributed by atoms with van der Waals surface area (Å²) in [5, 5.41) is -0.284. The molecule has 1 saturated heterocycles. The highest BCUT2D eigenvalue weighted by Crippen LogP contribution is 2.46. The number of anilines is 1. The van der Waals surface area contributed by atoms with Gasteiger partial charge in [-0.15, -0.1) is 0 Å². The third-order valence-electron chi connectivity index (χ3n) is 6.52. The van der Waals surface area contributed by atoms with Crippen LogP contribution in [0.1, 0.15) is 49.8 Å². The highest BCUT2D eigenvalue weighted by molar-refractivity contribution is 8.18. The SMILES string of the molecule is COc1cc2c(cc1/C=C1/SC(=O)N(Cc3c(F)cccc3Cl)C1=O)C(C)CC(C)(C)N2C. The van der Waals surface area contributed by atoms with Gasteiger partial charge < -0.3 is 9.64 Å². The molecule has 0 saturated carbocycles. The molecule has 174 valence electrons. The number of thioether (sulfide) groups is 1. The van der Waals surface area contributed by atoms with E-state index in [2.05, 4.69) is 32.7 Å². The molecule has 1 fully saturated rings. The van der Waals surface area contributed by atoms with Crippen molar-refractivity contribution >= 4 is 46.3 Å². The summed E-state index contributed by atoms with van der Waals surface area (Å²) >= 11 is 6.92. The first kappa shape index (κ1) is 23.6. The number of nitrogens with zero attached hydrogens (tertiary/aromatic N) is 2. The zero-order valence-corrected chi connectivity index (χ0v) is 20.8. The van der Waals surface area contributed by atoms with Gasteiger partial charge in [-0.3, -0.25) is 14.5 Å². The number of hydrogen-bond donors (Lipinski definition) is 0. The van der Waals surface area contributed by atoms with Crippen LogP contribution in [0, 0.1) is 5.82 Å². The van der Waals surface area contributed by atoms with Crippen molar-refractivity contribution in [3.63, 3.8) is 0 Å². The minimum Gasteiger partial charge on any atom is -0.496 e. The second kappa shape index (κ2) is 8.69. The molecule has 0 aliphatic carbocycles. The summed E-state index contributed by atoms with van der Waals surface area (Å²) in [5.74, 6) is -0.0877. The van der Waals surface area contributed by atoms with Gasteiger partial charge in [0.05, 0.1) is 18.6 Å². The highest BCUT2D eigenvalue weighted by Gasteiger charge is 2.37. The summed E-state index contributed by atoms with van der Waals surface area (Å²) in [6.45, 7) is 6.40. The highest BCUT2D eigenvalue weighted by atomic mass is 35.5. The minimum atomic E-state index is -0.553. The minimum absolute atomic E-state index is 0.00951. The van der Waals surface area contributed by atoms with E-state index in [1.165, 1.54) is 23.8 Å². The van der Waals surface area contributed by atoms with Crippen LogP contribution >= 0.6 is 23.4 Å². The Bertz CT molecular complexity index is 1160. The van der Waals surface area contributed by atoms with Crippen LogP contribution in [-0.2, 0) is 11.3 Å². The Morgan fingerprint density at radius 3 is 2.70 bits per heavy atom. The van der Waals surface area contributed by atoms with Crippen LogP contribution in [0.3, 0.4) is 0 Å². The fourth-order valence-electron chi connectivity index (χ4n) is 4.52. The molecular weight excluding hydrogens is 463 g/mol. The Morgan fingerprint density at radius 1 is 1.30 bits per heavy atom. The van der Waals surface area contributed by atoms with Gasteiger partial charge in [0.15, 0.2) is 0 Å². The molecule has 0 aromatic heterocycles. The quantitative estimate of drug-likeness (QED) is 0.463. The molecule has 2 aromatic rings. The second-order valence-electron chi connectivity index (χ2n) is 9.10. The number of halogens is 2. The van der Waals surface area contributed by atoms with Crippen molar-refractivity contribution in [2.24, 2.45) is 0 Å². The van der Waals surface area contributed by atoms with Crippen molar-refractivity contribution in [3.8, 4) is 5.75 Å². The van der Waals surface area contributed by atoms with E-state index in [9.17, 15) is 14.0 Å². The molecule has 0 radical (unpaired) electrons. The van der Waals surface area contributed by atoms with E-state index in [1.807, 2.05) is 12.1 Å². The molecule has 33 heavy (non-hydrogen) atoms. The fourth-order valence-corrected chi connectivity index (χ4v) is 5.57. The zero-order chi connectivity index (χ0) is 24.1. The Morgan fingerprint density at radius 2 is 2.03 bits per heavy atom. The molecule has 0 N–H and O–H groups in total. The molecule has 2 amide bonds. The lowest BCUT2D eigenvalue weighted by Gasteiger charge is -2.45. The molecule has 8 heteroatoms. The first-order valence-electron chi connectivity index (χ1n) is 10.7. The normalized spacial score (nSPS) is 21.1. The van der Waals surface area contributed by atoms with E-state index < -0.39 is 17.0 Å². The first-order chi connectivity index (χ1) is 15.5. The molecule has 2 aromatic carbocycles. The van der Waals surface area contributed by atoms with Gasteiger partial charge in [-0.05, 0) is 67.8 Å². The Hall–Kier alpha value is -2.51. The van der Waals surface area contributed by atoms with Gasteiger partial charge in [-0.1, -0.05) is 24.6 Å². The number of fused-ring (bicyclic) bond motifs is 1. The largest absolute Gasteiger partial charge is 0.496 e. The molecule has 1 atom stereocenters. The molecule has 0 bridgehead atoms. The maximum atomic E-state index is 14.2. The first-order valence-corrected chi connectivity index (χ1v) is 11.9. The lowest BCUT2D eigenvalue weighted by Crippen LogP contribution is -2.45. The molecule has 2 aliphatic rings. The van der Waals surface area contributed by atoms with Crippen LogP contribution in [0.4, 0.5) is 14.9 Å². The van der Waals surface area contributed by atoms with E-state index in [0.29, 0.717) is 11.7 Å². The van der Waals surface area contributed by atoms with Crippen LogP contribution in [0.5, 0.6) is 5.75 Å².